The molecule has 3 aromatic rings. The Kier molecular flexibility index (Phi) is 5.51. The van der Waals surface area contributed by atoms with Gasteiger partial charge in [-0.05, 0) is 56.3 Å². The first kappa shape index (κ1) is 19.4. The summed E-state index contributed by atoms with van der Waals surface area (Å²) < 4.78 is 6.09. The molecule has 2 aromatic carbocycles. The zero-order valence-electron chi connectivity index (χ0n) is 16.1. The summed E-state index contributed by atoms with van der Waals surface area (Å²) in [5.74, 6) is 0.664. The summed E-state index contributed by atoms with van der Waals surface area (Å²) in [6.07, 6.45) is 0. The lowest BCUT2D eigenvalue weighted by molar-refractivity contribution is 0.340. The van der Waals surface area contributed by atoms with Crippen LogP contribution in [0.25, 0.3) is 11.3 Å². The van der Waals surface area contributed by atoms with Crippen LogP contribution < -0.4 is 9.75 Å². The second-order valence-electron chi connectivity index (χ2n) is 6.66. The molecule has 0 radical (unpaired) electrons. The molecule has 0 fully saturated rings. The number of aromatic nitrogens is 2. The minimum Gasteiger partial charge on any atom is -0.494 e. The Bertz CT molecular complexity index is 1120. The third-order valence-corrected chi connectivity index (χ3v) is 5.47. The van der Waals surface area contributed by atoms with Crippen molar-refractivity contribution < 1.29 is 4.74 Å². The largest absolute Gasteiger partial charge is 0.494 e. The molecule has 0 saturated heterocycles. The van der Waals surface area contributed by atoms with Gasteiger partial charge in [-0.1, -0.05) is 42.6 Å². The molecule has 146 valence electrons. The molecule has 1 N–H and O–H groups in total. The van der Waals surface area contributed by atoms with Gasteiger partial charge in [0.2, 0.25) is 0 Å². The predicted molar refractivity (Wildman–Crippen MR) is 123 cm³/mol. The number of hydrogen-bond donors (Lipinski definition) is 1. The number of hydrogen-bond acceptors (Lipinski definition) is 5. The Balaban J connectivity index is 1.69. The monoisotopic (exact) mass is 420 g/mol. The fourth-order valence-corrected chi connectivity index (χ4v) is 4.02. The third-order valence-electron chi connectivity index (χ3n) is 4.74. The SMILES string of the molecule is CCOc1ccc(-c2cc(C3C(=S)N(c4ccccc4)N=C3C)c(=S)[nH]n2)cc1. The number of rotatable bonds is 5. The molecule has 1 aliphatic rings. The molecule has 0 amide bonds. The molecular weight excluding hydrogens is 400 g/mol. The maximum atomic E-state index is 5.78. The average Bonchev–Trinajstić information content (AvgIpc) is 3.04. The molecule has 1 unspecified atom stereocenters. The maximum absolute atomic E-state index is 5.78. The van der Waals surface area contributed by atoms with Crippen LogP contribution in [-0.2, 0) is 0 Å². The van der Waals surface area contributed by atoms with Gasteiger partial charge < -0.3 is 4.74 Å². The first-order valence-electron chi connectivity index (χ1n) is 9.35. The van der Waals surface area contributed by atoms with Gasteiger partial charge in [-0.3, -0.25) is 5.10 Å². The third kappa shape index (κ3) is 3.83. The zero-order chi connectivity index (χ0) is 20.4. The van der Waals surface area contributed by atoms with Crippen LogP contribution in [-0.4, -0.2) is 27.5 Å². The summed E-state index contributed by atoms with van der Waals surface area (Å²) in [5, 5.41) is 13.9. The van der Waals surface area contributed by atoms with E-state index >= 15 is 0 Å². The molecule has 5 nitrogen and oxygen atoms in total. The number of nitrogens with one attached hydrogen (secondary N) is 1. The first-order chi connectivity index (χ1) is 14.1. The van der Waals surface area contributed by atoms with Gasteiger partial charge in [-0.2, -0.15) is 10.2 Å². The van der Waals surface area contributed by atoms with E-state index < -0.39 is 0 Å². The van der Waals surface area contributed by atoms with Crippen molar-refractivity contribution in [2.24, 2.45) is 5.10 Å². The lowest BCUT2D eigenvalue weighted by atomic mass is 9.95. The van der Waals surface area contributed by atoms with E-state index in [9.17, 15) is 0 Å². The van der Waals surface area contributed by atoms with Gasteiger partial charge in [0.15, 0.2) is 0 Å². The highest BCUT2D eigenvalue weighted by Gasteiger charge is 2.33. The Morgan fingerprint density at radius 2 is 1.79 bits per heavy atom. The van der Waals surface area contributed by atoms with Crippen LogP contribution in [0.4, 0.5) is 5.69 Å². The molecule has 4 rings (SSSR count). The average molecular weight is 421 g/mol. The number of thiocarbonyl (C=S) groups is 1. The van der Waals surface area contributed by atoms with E-state index in [1.165, 1.54) is 0 Å². The molecule has 7 heteroatoms. The number of benzene rings is 2. The zero-order valence-corrected chi connectivity index (χ0v) is 17.8. The van der Waals surface area contributed by atoms with E-state index in [-0.39, 0.29) is 5.92 Å². The number of hydrazone groups is 1. The van der Waals surface area contributed by atoms with E-state index in [1.807, 2.05) is 74.5 Å². The second kappa shape index (κ2) is 8.23. The summed E-state index contributed by atoms with van der Waals surface area (Å²) in [4.78, 5) is 0.706. The van der Waals surface area contributed by atoms with Crippen molar-refractivity contribution in [3.63, 3.8) is 0 Å². The van der Waals surface area contributed by atoms with Crippen LogP contribution in [0.3, 0.4) is 0 Å². The summed E-state index contributed by atoms with van der Waals surface area (Å²) in [6, 6.07) is 19.7. The van der Waals surface area contributed by atoms with E-state index in [0.29, 0.717) is 16.2 Å². The quantitative estimate of drug-likeness (QED) is 0.552. The minimum absolute atomic E-state index is 0.168. The topological polar surface area (TPSA) is 53.5 Å². The number of nitrogens with zero attached hydrogens (tertiary/aromatic N) is 3. The second-order valence-corrected chi connectivity index (χ2v) is 7.48. The molecule has 1 aliphatic heterocycles. The van der Waals surface area contributed by atoms with Crippen LogP contribution in [0, 0.1) is 4.64 Å². The van der Waals surface area contributed by atoms with Gasteiger partial charge in [0, 0.05) is 11.1 Å². The number of H-pyrrole nitrogens is 1. The van der Waals surface area contributed by atoms with Crippen molar-refractivity contribution in [1.82, 2.24) is 10.2 Å². The molecule has 2 heterocycles. The van der Waals surface area contributed by atoms with E-state index in [1.54, 1.807) is 5.01 Å². The van der Waals surface area contributed by atoms with Crippen LogP contribution >= 0.6 is 24.4 Å². The molecule has 0 saturated carbocycles. The van der Waals surface area contributed by atoms with Crippen molar-refractivity contribution >= 4 is 40.8 Å². The van der Waals surface area contributed by atoms with E-state index in [2.05, 4.69) is 15.3 Å². The lowest BCUT2D eigenvalue weighted by Crippen LogP contribution is -2.24. The summed E-state index contributed by atoms with van der Waals surface area (Å²) >= 11 is 11.3. The number of para-hydroxylation sites is 1. The van der Waals surface area contributed by atoms with Gasteiger partial charge in [-0.25, -0.2) is 5.01 Å². The number of ether oxygens (including phenoxy) is 1. The summed E-state index contributed by atoms with van der Waals surface area (Å²) in [7, 11) is 0. The Morgan fingerprint density at radius 3 is 2.48 bits per heavy atom. The normalized spacial score (nSPS) is 16.1. The smallest absolute Gasteiger partial charge is 0.123 e. The van der Waals surface area contributed by atoms with Crippen molar-refractivity contribution in [2.45, 2.75) is 19.8 Å². The van der Waals surface area contributed by atoms with Crippen LogP contribution in [0.1, 0.15) is 25.3 Å². The van der Waals surface area contributed by atoms with Gasteiger partial charge in [0.25, 0.3) is 0 Å². The molecule has 1 atom stereocenters. The molecular formula is C22H20N4OS2. The minimum atomic E-state index is -0.168. The molecule has 0 bridgehead atoms. The Labute approximate surface area is 180 Å². The van der Waals surface area contributed by atoms with Crippen LogP contribution in [0.15, 0.2) is 65.8 Å². The lowest BCUT2D eigenvalue weighted by Gasteiger charge is -2.18. The Morgan fingerprint density at radius 1 is 1.07 bits per heavy atom. The maximum Gasteiger partial charge on any atom is 0.123 e. The van der Waals surface area contributed by atoms with Gasteiger partial charge >= 0.3 is 0 Å². The van der Waals surface area contributed by atoms with Crippen molar-refractivity contribution in [3.8, 4) is 17.0 Å². The van der Waals surface area contributed by atoms with Crippen molar-refractivity contribution in [3.05, 3.63) is 70.9 Å². The first-order valence-corrected chi connectivity index (χ1v) is 10.2. The highest BCUT2D eigenvalue weighted by atomic mass is 32.1. The highest BCUT2D eigenvalue weighted by molar-refractivity contribution is 7.80. The van der Waals surface area contributed by atoms with E-state index in [4.69, 9.17) is 29.2 Å². The standard InChI is InChI=1S/C22H20N4OS2/c1-3-27-17-11-9-15(10-12-17)19-13-18(21(28)24-23-19)20-14(2)25-26(22(20)29)16-7-5-4-6-8-16/h4-13,20H,3H2,1-2H3,(H,24,28). The molecule has 29 heavy (non-hydrogen) atoms. The fraction of sp³-hybridized carbons (Fsp3) is 0.182. The summed E-state index contributed by atoms with van der Waals surface area (Å²) in [5.41, 5.74) is 4.52. The molecule has 0 spiro atoms. The number of aromatic amines is 1. The van der Waals surface area contributed by atoms with Gasteiger partial charge in [0.1, 0.15) is 15.4 Å². The molecule has 0 aliphatic carbocycles. The van der Waals surface area contributed by atoms with Crippen molar-refractivity contribution in [2.75, 3.05) is 11.6 Å². The highest BCUT2D eigenvalue weighted by Crippen LogP contribution is 2.33. The number of anilines is 1. The fourth-order valence-electron chi connectivity index (χ4n) is 3.35. The van der Waals surface area contributed by atoms with Crippen molar-refractivity contribution in [1.29, 1.82) is 0 Å². The molecule has 1 aromatic heterocycles. The Hall–Kier alpha value is -2.90. The van der Waals surface area contributed by atoms with Crippen LogP contribution in [0.5, 0.6) is 5.75 Å². The van der Waals surface area contributed by atoms with Gasteiger partial charge in [0.05, 0.1) is 29.6 Å². The van der Waals surface area contributed by atoms with Crippen LogP contribution in [0.2, 0.25) is 0 Å². The van der Waals surface area contributed by atoms with E-state index in [0.717, 1.165) is 34.0 Å². The summed E-state index contributed by atoms with van der Waals surface area (Å²) in [6.45, 7) is 4.58. The van der Waals surface area contributed by atoms with Gasteiger partial charge in [-0.15, -0.1) is 0 Å². The predicted octanol–water partition coefficient (Wildman–Crippen LogP) is 5.51.